The molecule has 0 fully saturated rings. The number of amides is 1. The molecular weight excluding hydrogens is 279 g/mol. The molecule has 0 spiro atoms. The van der Waals surface area contributed by atoms with Gasteiger partial charge in [-0.15, -0.1) is 0 Å². The maximum Gasteiger partial charge on any atom is 0.258 e. The largest absolute Gasteiger partial charge is 0.337 e. The van der Waals surface area contributed by atoms with Gasteiger partial charge in [-0.25, -0.2) is 0 Å². The van der Waals surface area contributed by atoms with Crippen molar-refractivity contribution in [1.29, 1.82) is 0 Å². The molecule has 1 aromatic rings. The molecule has 0 atom stereocenters. The minimum absolute atomic E-state index is 0.163. The lowest BCUT2D eigenvalue weighted by atomic mass is 10.1. The van der Waals surface area contributed by atoms with Crippen LogP contribution in [0.15, 0.2) is 0 Å². The molecule has 0 aromatic carbocycles. The summed E-state index contributed by atoms with van der Waals surface area (Å²) in [6.07, 6.45) is 10.0. The van der Waals surface area contributed by atoms with Crippen molar-refractivity contribution in [3.63, 3.8) is 0 Å². The fraction of sp³-hybridized carbons (Fsp3) is 0.722. The molecule has 0 N–H and O–H groups in total. The summed E-state index contributed by atoms with van der Waals surface area (Å²) < 4.78 is 15.6. The fourth-order valence-electron chi connectivity index (χ4n) is 3.33. The Balaban J connectivity index is 0.000000217. The Labute approximate surface area is 133 Å². The standard InChI is InChI=1S/C11H13FN2O.C7H16/c1-13-6-7-8-4-2-3-5-14(8)10(12)9(7)11(13)15;1-3-5-7-6-4-2/h2-6H2,1H3;3-7H2,1-2H3. The van der Waals surface area contributed by atoms with Crippen LogP contribution in [0.4, 0.5) is 4.39 Å². The highest BCUT2D eigenvalue weighted by Crippen LogP contribution is 2.33. The van der Waals surface area contributed by atoms with Crippen LogP contribution in [-0.4, -0.2) is 22.4 Å². The van der Waals surface area contributed by atoms with Crippen LogP contribution >= 0.6 is 0 Å². The van der Waals surface area contributed by atoms with Gasteiger partial charge in [-0.1, -0.05) is 46.0 Å². The van der Waals surface area contributed by atoms with Gasteiger partial charge in [-0.05, 0) is 19.3 Å². The summed E-state index contributed by atoms with van der Waals surface area (Å²) in [4.78, 5) is 13.3. The summed E-state index contributed by atoms with van der Waals surface area (Å²) in [5.41, 5.74) is 2.31. The van der Waals surface area contributed by atoms with Gasteiger partial charge in [-0.3, -0.25) is 4.79 Å². The molecule has 3 heterocycles. The SMILES string of the molecule is CCCCCCC.CN1Cc2c(c(F)n3c2CCCC3)C1=O. The Morgan fingerprint density at radius 2 is 1.77 bits per heavy atom. The van der Waals surface area contributed by atoms with Crippen LogP contribution in [0.25, 0.3) is 0 Å². The van der Waals surface area contributed by atoms with Crippen LogP contribution in [0.1, 0.15) is 80.4 Å². The molecule has 0 unspecified atom stereocenters. The number of hydrogen-bond donors (Lipinski definition) is 0. The smallest absolute Gasteiger partial charge is 0.258 e. The van der Waals surface area contributed by atoms with Crippen molar-refractivity contribution in [3.05, 3.63) is 22.8 Å². The lowest BCUT2D eigenvalue weighted by Crippen LogP contribution is -2.21. The molecular formula is C18H29FN2O. The summed E-state index contributed by atoms with van der Waals surface area (Å²) in [7, 11) is 1.72. The zero-order valence-corrected chi connectivity index (χ0v) is 14.3. The van der Waals surface area contributed by atoms with Crippen LogP contribution in [0.2, 0.25) is 0 Å². The van der Waals surface area contributed by atoms with Gasteiger partial charge in [0.05, 0.1) is 5.56 Å². The van der Waals surface area contributed by atoms with Gasteiger partial charge in [0, 0.05) is 31.4 Å². The molecule has 2 aliphatic rings. The zero-order valence-electron chi connectivity index (χ0n) is 14.3. The Morgan fingerprint density at radius 1 is 1.09 bits per heavy atom. The van der Waals surface area contributed by atoms with Gasteiger partial charge in [0.25, 0.3) is 5.91 Å². The number of carbonyl (C=O) groups excluding carboxylic acids is 1. The maximum atomic E-state index is 14.0. The summed E-state index contributed by atoms with van der Waals surface area (Å²) in [6.45, 7) is 5.80. The molecule has 1 aromatic heterocycles. The highest BCUT2D eigenvalue weighted by atomic mass is 19.1. The van der Waals surface area contributed by atoms with E-state index >= 15 is 0 Å². The van der Waals surface area contributed by atoms with E-state index < -0.39 is 0 Å². The summed E-state index contributed by atoms with van der Waals surface area (Å²) in [5.74, 6) is -0.474. The number of fused-ring (bicyclic) bond motifs is 3. The normalized spacial score (nSPS) is 16.2. The van der Waals surface area contributed by atoms with Crippen molar-refractivity contribution >= 4 is 5.91 Å². The van der Waals surface area contributed by atoms with Gasteiger partial charge in [0.15, 0.2) is 0 Å². The number of rotatable bonds is 4. The van der Waals surface area contributed by atoms with Crippen molar-refractivity contribution in [2.45, 2.75) is 78.3 Å². The van der Waals surface area contributed by atoms with Gasteiger partial charge >= 0.3 is 0 Å². The molecule has 0 saturated heterocycles. The van der Waals surface area contributed by atoms with E-state index in [0.29, 0.717) is 12.1 Å². The zero-order chi connectivity index (χ0) is 16.1. The van der Waals surface area contributed by atoms with Crippen molar-refractivity contribution in [2.75, 3.05) is 7.05 Å². The van der Waals surface area contributed by atoms with Crippen LogP contribution in [-0.2, 0) is 19.5 Å². The molecule has 3 rings (SSSR count). The number of nitrogens with zero attached hydrogens (tertiary/aromatic N) is 2. The first-order valence-electron chi connectivity index (χ1n) is 8.76. The predicted molar refractivity (Wildman–Crippen MR) is 87.6 cm³/mol. The van der Waals surface area contributed by atoms with E-state index in [1.54, 1.807) is 16.5 Å². The summed E-state index contributed by atoms with van der Waals surface area (Å²) >= 11 is 0. The average molecular weight is 308 g/mol. The molecule has 3 nitrogen and oxygen atoms in total. The summed E-state index contributed by atoms with van der Waals surface area (Å²) in [5, 5.41) is 0. The Morgan fingerprint density at radius 3 is 2.41 bits per heavy atom. The van der Waals surface area contributed by atoms with Crippen molar-refractivity contribution in [1.82, 2.24) is 9.47 Å². The Kier molecular flexibility index (Phi) is 6.04. The third-order valence-corrected chi connectivity index (χ3v) is 4.63. The van der Waals surface area contributed by atoms with Crippen molar-refractivity contribution in [2.24, 2.45) is 0 Å². The number of unbranched alkanes of at least 4 members (excludes halogenated alkanes) is 4. The van der Waals surface area contributed by atoms with Gasteiger partial charge in [-0.2, -0.15) is 4.39 Å². The topological polar surface area (TPSA) is 25.2 Å². The molecule has 2 aliphatic heterocycles. The molecule has 0 saturated carbocycles. The lowest BCUT2D eigenvalue weighted by Gasteiger charge is -2.18. The molecule has 0 radical (unpaired) electrons. The first kappa shape index (κ1) is 17.0. The van der Waals surface area contributed by atoms with Gasteiger partial charge in [0.2, 0.25) is 5.95 Å². The van der Waals surface area contributed by atoms with E-state index in [0.717, 1.165) is 37.1 Å². The van der Waals surface area contributed by atoms with E-state index in [1.165, 1.54) is 32.1 Å². The first-order valence-corrected chi connectivity index (χ1v) is 8.76. The van der Waals surface area contributed by atoms with Crippen LogP contribution < -0.4 is 0 Å². The van der Waals surface area contributed by atoms with Crippen molar-refractivity contribution in [3.8, 4) is 0 Å². The predicted octanol–water partition coefficient (Wildman–Crippen LogP) is 4.53. The molecule has 4 heteroatoms. The van der Waals surface area contributed by atoms with Crippen LogP contribution in [0.3, 0.4) is 0 Å². The van der Waals surface area contributed by atoms with Gasteiger partial charge < -0.3 is 9.47 Å². The number of hydrogen-bond acceptors (Lipinski definition) is 1. The molecule has 22 heavy (non-hydrogen) atoms. The quantitative estimate of drug-likeness (QED) is 0.750. The number of aromatic nitrogens is 1. The third kappa shape index (κ3) is 3.36. The Bertz CT molecular complexity index is 518. The Hall–Kier alpha value is -1.32. The maximum absolute atomic E-state index is 14.0. The monoisotopic (exact) mass is 308 g/mol. The van der Waals surface area contributed by atoms with Crippen molar-refractivity contribution < 1.29 is 9.18 Å². The van der Waals surface area contributed by atoms with E-state index in [4.69, 9.17) is 0 Å². The second-order valence-electron chi connectivity index (χ2n) is 6.42. The first-order chi connectivity index (χ1) is 10.6. The summed E-state index contributed by atoms with van der Waals surface area (Å²) in [6, 6.07) is 0. The molecule has 0 bridgehead atoms. The second-order valence-corrected chi connectivity index (χ2v) is 6.42. The van der Waals surface area contributed by atoms with E-state index in [9.17, 15) is 9.18 Å². The highest BCUT2D eigenvalue weighted by molar-refractivity contribution is 5.98. The molecule has 0 aliphatic carbocycles. The lowest BCUT2D eigenvalue weighted by molar-refractivity contribution is 0.0810. The number of halogens is 1. The fourth-order valence-corrected chi connectivity index (χ4v) is 3.33. The minimum Gasteiger partial charge on any atom is -0.337 e. The van der Waals surface area contributed by atoms with E-state index in [2.05, 4.69) is 13.8 Å². The van der Waals surface area contributed by atoms with Gasteiger partial charge in [0.1, 0.15) is 0 Å². The molecule has 1 amide bonds. The van der Waals surface area contributed by atoms with Crippen LogP contribution in [0, 0.1) is 5.95 Å². The third-order valence-electron chi connectivity index (χ3n) is 4.63. The van der Waals surface area contributed by atoms with E-state index in [1.807, 2.05) is 0 Å². The minimum atomic E-state index is -0.311. The highest BCUT2D eigenvalue weighted by Gasteiger charge is 2.35. The number of carbonyl (C=O) groups is 1. The second kappa shape index (κ2) is 7.80. The molecule has 124 valence electrons. The average Bonchev–Trinajstić information content (AvgIpc) is 2.97. The van der Waals surface area contributed by atoms with Crippen LogP contribution in [0.5, 0.6) is 0 Å². The van der Waals surface area contributed by atoms with E-state index in [-0.39, 0.29) is 11.9 Å².